The molecule has 2 fully saturated rings. The Balaban J connectivity index is 1.53. The first kappa shape index (κ1) is 17.6. The number of piperidine rings is 1. The van der Waals surface area contributed by atoms with Gasteiger partial charge in [0.2, 0.25) is 0 Å². The lowest BCUT2D eigenvalue weighted by Crippen LogP contribution is -2.55. The van der Waals surface area contributed by atoms with Crippen molar-refractivity contribution in [2.24, 2.45) is 5.92 Å². The summed E-state index contributed by atoms with van der Waals surface area (Å²) >= 11 is 0. The number of carbonyl (C=O) groups is 2. The Hall–Kier alpha value is -2.24. The molecule has 2 aliphatic heterocycles. The van der Waals surface area contributed by atoms with Gasteiger partial charge in [-0.05, 0) is 31.9 Å². The number of hydrogen-bond acceptors (Lipinski definition) is 4. The third-order valence-electron chi connectivity index (χ3n) is 4.98. The second kappa shape index (κ2) is 8.23. The summed E-state index contributed by atoms with van der Waals surface area (Å²) in [5.74, 6) is -0.350. The van der Waals surface area contributed by atoms with Gasteiger partial charge in [0.1, 0.15) is 0 Å². The second-order valence-corrected chi connectivity index (χ2v) is 6.63. The molecule has 3 rings (SSSR count). The summed E-state index contributed by atoms with van der Waals surface area (Å²) in [6, 6.07) is 10.4. The quantitative estimate of drug-likeness (QED) is 0.788. The molecular formula is C19H27N3O3. The molecule has 6 nitrogen and oxygen atoms in total. The number of benzene rings is 1. The molecule has 2 saturated heterocycles. The number of amides is 2. The molecule has 2 amide bonds. The molecule has 1 aromatic rings. The van der Waals surface area contributed by atoms with Crippen molar-refractivity contribution in [3.63, 3.8) is 0 Å². The lowest BCUT2D eigenvalue weighted by molar-refractivity contribution is -0.149. The first-order valence-corrected chi connectivity index (χ1v) is 9.19. The zero-order chi connectivity index (χ0) is 17.6. The van der Waals surface area contributed by atoms with Gasteiger partial charge in [0.25, 0.3) is 0 Å². The fraction of sp³-hybridized carbons (Fsp3) is 0.579. The van der Waals surface area contributed by atoms with E-state index in [2.05, 4.69) is 17.0 Å². The molecule has 2 aliphatic rings. The molecule has 0 radical (unpaired) electrons. The zero-order valence-electron chi connectivity index (χ0n) is 14.9. The number of urea groups is 1. The van der Waals surface area contributed by atoms with Gasteiger partial charge in [-0.15, -0.1) is 0 Å². The molecule has 0 aromatic heterocycles. The standard InChI is InChI=1S/C19H27N3O3/c1-2-25-18(23)16-7-6-10-22(15-16)19(24)21-13-11-20(12-14-21)17-8-4-3-5-9-17/h3-5,8-9,16H,2,6-7,10-15H2,1H3/t16-/m1/s1. The number of anilines is 1. The van der Waals surface area contributed by atoms with Crippen LogP contribution in [-0.2, 0) is 9.53 Å². The molecule has 0 aliphatic carbocycles. The van der Waals surface area contributed by atoms with E-state index in [1.54, 1.807) is 0 Å². The highest BCUT2D eigenvalue weighted by molar-refractivity contribution is 5.77. The average molecular weight is 345 g/mol. The van der Waals surface area contributed by atoms with Crippen LogP contribution in [0.15, 0.2) is 30.3 Å². The topological polar surface area (TPSA) is 53.1 Å². The molecule has 0 N–H and O–H groups in total. The van der Waals surface area contributed by atoms with Crippen molar-refractivity contribution < 1.29 is 14.3 Å². The van der Waals surface area contributed by atoms with E-state index in [0.717, 1.165) is 32.5 Å². The summed E-state index contributed by atoms with van der Waals surface area (Å²) in [7, 11) is 0. The summed E-state index contributed by atoms with van der Waals surface area (Å²) < 4.78 is 5.12. The summed E-state index contributed by atoms with van der Waals surface area (Å²) in [6.45, 7) is 6.53. The van der Waals surface area contributed by atoms with Crippen LogP contribution in [0.4, 0.5) is 10.5 Å². The van der Waals surface area contributed by atoms with Crippen LogP contribution in [0.2, 0.25) is 0 Å². The van der Waals surface area contributed by atoms with Gasteiger partial charge in [0.05, 0.1) is 12.5 Å². The molecular weight excluding hydrogens is 318 g/mol. The fourth-order valence-electron chi connectivity index (χ4n) is 3.60. The molecule has 0 spiro atoms. The largest absolute Gasteiger partial charge is 0.466 e. The molecule has 1 atom stereocenters. The number of piperazine rings is 1. The average Bonchev–Trinajstić information content (AvgIpc) is 2.68. The number of hydrogen-bond donors (Lipinski definition) is 0. The molecule has 0 unspecified atom stereocenters. The van der Waals surface area contributed by atoms with E-state index in [9.17, 15) is 9.59 Å². The van der Waals surface area contributed by atoms with Gasteiger partial charge >= 0.3 is 12.0 Å². The Kier molecular flexibility index (Phi) is 5.79. The third-order valence-corrected chi connectivity index (χ3v) is 4.98. The third kappa shape index (κ3) is 4.24. The molecule has 25 heavy (non-hydrogen) atoms. The minimum absolute atomic E-state index is 0.0571. The van der Waals surface area contributed by atoms with E-state index in [4.69, 9.17) is 4.74 Å². The minimum atomic E-state index is -0.178. The molecule has 6 heteroatoms. The summed E-state index contributed by atoms with van der Waals surface area (Å²) in [4.78, 5) is 30.8. The van der Waals surface area contributed by atoms with Crippen LogP contribution < -0.4 is 4.90 Å². The normalized spacial score (nSPS) is 21.2. The van der Waals surface area contributed by atoms with Gasteiger partial charge in [-0.1, -0.05) is 18.2 Å². The number of esters is 1. The molecule has 0 saturated carbocycles. The van der Waals surface area contributed by atoms with Gasteiger partial charge in [-0.25, -0.2) is 4.79 Å². The zero-order valence-corrected chi connectivity index (χ0v) is 14.9. The highest BCUT2D eigenvalue weighted by Crippen LogP contribution is 2.21. The smallest absolute Gasteiger partial charge is 0.320 e. The van der Waals surface area contributed by atoms with Crippen molar-refractivity contribution in [2.75, 3.05) is 50.8 Å². The fourth-order valence-corrected chi connectivity index (χ4v) is 3.60. The van der Waals surface area contributed by atoms with Crippen LogP contribution in [0.5, 0.6) is 0 Å². The number of carbonyl (C=O) groups excluding carboxylic acids is 2. The van der Waals surface area contributed by atoms with E-state index < -0.39 is 0 Å². The van der Waals surface area contributed by atoms with E-state index in [-0.39, 0.29) is 17.9 Å². The Labute approximate surface area is 149 Å². The number of para-hydroxylation sites is 1. The van der Waals surface area contributed by atoms with Crippen LogP contribution in [0.25, 0.3) is 0 Å². The highest BCUT2D eigenvalue weighted by atomic mass is 16.5. The SMILES string of the molecule is CCOC(=O)[C@@H]1CCCN(C(=O)N2CCN(c3ccccc3)CC2)C1. The number of likely N-dealkylation sites (tertiary alicyclic amines) is 1. The molecule has 0 bridgehead atoms. The van der Waals surface area contributed by atoms with Crippen LogP contribution in [-0.4, -0.2) is 67.7 Å². The first-order valence-electron chi connectivity index (χ1n) is 9.19. The summed E-state index contributed by atoms with van der Waals surface area (Å²) in [6.07, 6.45) is 1.67. The van der Waals surface area contributed by atoms with Gasteiger partial charge in [0.15, 0.2) is 0 Å². The number of ether oxygens (including phenoxy) is 1. The van der Waals surface area contributed by atoms with Crippen molar-refractivity contribution >= 4 is 17.7 Å². The lowest BCUT2D eigenvalue weighted by atomic mass is 9.98. The number of nitrogens with zero attached hydrogens (tertiary/aromatic N) is 3. The highest BCUT2D eigenvalue weighted by Gasteiger charge is 2.32. The van der Waals surface area contributed by atoms with Crippen molar-refractivity contribution in [3.8, 4) is 0 Å². The van der Waals surface area contributed by atoms with E-state index >= 15 is 0 Å². The maximum absolute atomic E-state index is 12.8. The minimum Gasteiger partial charge on any atom is -0.466 e. The van der Waals surface area contributed by atoms with Crippen LogP contribution in [0, 0.1) is 5.92 Å². The van der Waals surface area contributed by atoms with Crippen molar-refractivity contribution in [2.45, 2.75) is 19.8 Å². The van der Waals surface area contributed by atoms with Gasteiger partial charge in [-0.2, -0.15) is 0 Å². The van der Waals surface area contributed by atoms with Crippen LogP contribution in [0.1, 0.15) is 19.8 Å². The van der Waals surface area contributed by atoms with E-state index in [1.807, 2.05) is 34.9 Å². The Bertz CT molecular complexity index is 585. The Morgan fingerprint density at radius 2 is 1.76 bits per heavy atom. The van der Waals surface area contributed by atoms with Crippen molar-refractivity contribution in [3.05, 3.63) is 30.3 Å². The predicted octanol–water partition coefficient (Wildman–Crippen LogP) is 2.20. The molecule has 136 valence electrons. The van der Waals surface area contributed by atoms with Gasteiger partial charge in [0, 0.05) is 45.0 Å². The lowest BCUT2D eigenvalue weighted by Gasteiger charge is -2.40. The van der Waals surface area contributed by atoms with Gasteiger partial charge < -0.3 is 19.4 Å². The van der Waals surface area contributed by atoms with Crippen LogP contribution >= 0.6 is 0 Å². The second-order valence-electron chi connectivity index (χ2n) is 6.63. The maximum Gasteiger partial charge on any atom is 0.320 e. The van der Waals surface area contributed by atoms with Gasteiger partial charge in [-0.3, -0.25) is 4.79 Å². The summed E-state index contributed by atoms with van der Waals surface area (Å²) in [5, 5.41) is 0. The maximum atomic E-state index is 12.8. The van der Waals surface area contributed by atoms with Crippen molar-refractivity contribution in [1.82, 2.24) is 9.80 Å². The van der Waals surface area contributed by atoms with E-state index in [0.29, 0.717) is 26.2 Å². The van der Waals surface area contributed by atoms with E-state index in [1.165, 1.54) is 5.69 Å². The molecule has 1 aromatic carbocycles. The predicted molar refractivity (Wildman–Crippen MR) is 96.6 cm³/mol. The monoisotopic (exact) mass is 345 g/mol. The summed E-state index contributed by atoms with van der Waals surface area (Å²) in [5.41, 5.74) is 1.20. The van der Waals surface area contributed by atoms with Crippen LogP contribution in [0.3, 0.4) is 0 Å². The Morgan fingerprint density at radius 3 is 2.44 bits per heavy atom. The number of rotatable bonds is 3. The first-order chi connectivity index (χ1) is 12.2. The Morgan fingerprint density at radius 1 is 1.04 bits per heavy atom. The van der Waals surface area contributed by atoms with Crippen molar-refractivity contribution in [1.29, 1.82) is 0 Å². The molecule has 2 heterocycles.